The predicted molar refractivity (Wildman–Crippen MR) is 143 cm³/mol. The number of benzene rings is 1. The molecule has 1 aromatic heterocycles. The van der Waals surface area contributed by atoms with Gasteiger partial charge < -0.3 is 53.5 Å². The van der Waals surface area contributed by atoms with Crippen LogP contribution in [0.2, 0.25) is 0 Å². The van der Waals surface area contributed by atoms with Crippen LogP contribution in [0.3, 0.4) is 0 Å². The van der Waals surface area contributed by atoms with E-state index in [0.29, 0.717) is 5.56 Å². The number of amides is 3. The van der Waals surface area contributed by atoms with E-state index in [0.717, 1.165) is 10.9 Å². The summed E-state index contributed by atoms with van der Waals surface area (Å²) in [6.07, 6.45) is 1.05. The molecule has 0 bridgehead atoms. The number of carboxylic acids is 2. The van der Waals surface area contributed by atoms with Gasteiger partial charge in [-0.25, -0.2) is 4.79 Å². The third-order valence-electron chi connectivity index (χ3n) is 5.84. The number of guanidine groups is 1. The Labute approximate surface area is 228 Å². The Morgan fingerprint density at radius 3 is 2.17 bits per heavy atom. The van der Waals surface area contributed by atoms with E-state index in [2.05, 4.69) is 25.9 Å². The van der Waals surface area contributed by atoms with E-state index in [-0.39, 0.29) is 31.8 Å². The largest absolute Gasteiger partial charge is 0.481 e. The highest BCUT2D eigenvalue weighted by atomic mass is 16.4. The van der Waals surface area contributed by atoms with Crippen LogP contribution in [-0.2, 0) is 30.4 Å². The Morgan fingerprint density at radius 1 is 0.925 bits per heavy atom. The number of aromatic amines is 1. The van der Waals surface area contributed by atoms with Crippen molar-refractivity contribution in [3.05, 3.63) is 36.0 Å². The molecule has 218 valence electrons. The molecule has 40 heavy (non-hydrogen) atoms. The van der Waals surface area contributed by atoms with Gasteiger partial charge in [-0.1, -0.05) is 18.2 Å². The Hall–Kier alpha value is -4.70. The number of nitrogens with one attached hydrogen (secondary N) is 4. The van der Waals surface area contributed by atoms with Crippen molar-refractivity contribution in [1.29, 1.82) is 0 Å². The highest BCUT2D eigenvalue weighted by Crippen LogP contribution is 2.19. The van der Waals surface area contributed by atoms with Crippen LogP contribution in [0.15, 0.2) is 35.5 Å². The molecule has 0 aliphatic rings. The number of fused-ring (bicyclic) bond motifs is 1. The minimum Gasteiger partial charge on any atom is -0.481 e. The van der Waals surface area contributed by atoms with Crippen LogP contribution in [0.4, 0.5) is 0 Å². The zero-order valence-electron chi connectivity index (χ0n) is 21.5. The lowest BCUT2D eigenvalue weighted by molar-refractivity contribution is -0.142. The minimum atomic E-state index is -1.57. The third-order valence-corrected chi connectivity index (χ3v) is 5.84. The molecule has 3 amide bonds. The second-order valence-electron chi connectivity index (χ2n) is 8.92. The highest BCUT2D eigenvalue weighted by Gasteiger charge is 2.31. The summed E-state index contributed by atoms with van der Waals surface area (Å²) in [5.74, 6) is -5.63. The number of hydrogen-bond acceptors (Lipinski definition) is 8. The van der Waals surface area contributed by atoms with Gasteiger partial charge >= 0.3 is 11.9 Å². The number of para-hydroxylation sites is 1. The Balaban J connectivity index is 2.18. The summed E-state index contributed by atoms with van der Waals surface area (Å²) >= 11 is 0. The van der Waals surface area contributed by atoms with Crippen molar-refractivity contribution in [2.45, 2.75) is 49.9 Å². The number of H-pyrrole nitrogens is 1. The van der Waals surface area contributed by atoms with E-state index >= 15 is 0 Å². The summed E-state index contributed by atoms with van der Waals surface area (Å²) in [6, 6.07) is 1.46. The molecule has 0 fully saturated rings. The number of aliphatic carboxylic acids is 2. The lowest BCUT2D eigenvalue weighted by Crippen LogP contribution is -2.58. The third kappa shape index (κ3) is 9.55. The molecular formula is C24H34N8O8. The molecular weight excluding hydrogens is 528 g/mol. The predicted octanol–water partition coefficient (Wildman–Crippen LogP) is -2.90. The molecule has 0 radical (unpaired) electrons. The molecule has 0 saturated heterocycles. The van der Waals surface area contributed by atoms with Crippen LogP contribution in [-0.4, -0.2) is 93.2 Å². The number of rotatable bonds is 16. The number of aromatic nitrogens is 1. The molecule has 0 spiro atoms. The SMILES string of the molecule is NC(N)=NCCCC(NC(=O)C(CO)NC(=O)C(Cc1c[nH]c2ccccc12)NC(=O)C(N)CC(=O)O)C(=O)O. The van der Waals surface area contributed by atoms with Crippen LogP contribution in [0.5, 0.6) is 0 Å². The first kappa shape index (κ1) is 31.5. The Kier molecular flexibility index (Phi) is 11.8. The van der Waals surface area contributed by atoms with Crippen molar-refractivity contribution in [3.8, 4) is 0 Å². The number of carbonyl (C=O) groups is 5. The van der Waals surface area contributed by atoms with Crippen LogP contribution in [0.1, 0.15) is 24.8 Å². The quantitative estimate of drug-likeness (QED) is 0.0562. The fraction of sp³-hybridized carbons (Fsp3) is 0.417. The van der Waals surface area contributed by atoms with Crippen molar-refractivity contribution >= 4 is 46.5 Å². The molecule has 0 aliphatic heterocycles. The van der Waals surface area contributed by atoms with Gasteiger partial charge in [0.25, 0.3) is 0 Å². The number of aliphatic hydroxyl groups excluding tert-OH is 1. The lowest BCUT2D eigenvalue weighted by atomic mass is 10.0. The maximum absolute atomic E-state index is 13.2. The van der Waals surface area contributed by atoms with Gasteiger partial charge in [0.15, 0.2) is 5.96 Å². The summed E-state index contributed by atoms with van der Waals surface area (Å²) in [6.45, 7) is -0.758. The molecule has 0 aliphatic carbocycles. The van der Waals surface area contributed by atoms with Gasteiger partial charge in [0.05, 0.1) is 19.1 Å². The number of carboxylic acid groups (broad SMARTS) is 2. The molecule has 16 heteroatoms. The molecule has 1 aromatic carbocycles. The van der Waals surface area contributed by atoms with E-state index in [1.807, 2.05) is 0 Å². The molecule has 4 unspecified atom stereocenters. The average molecular weight is 563 g/mol. The zero-order valence-corrected chi connectivity index (χ0v) is 21.5. The maximum atomic E-state index is 13.2. The van der Waals surface area contributed by atoms with Crippen molar-refractivity contribution in [2.24, 2.45) is 22.2 Å². The summed E-state index contributed by atoms with van der Waals surface area (Å²) in [5, 5.41) is 35.9. The standard InChI is InChI=1S/C24H34N8O8/c25-14(9-19(34)35)20(36)31-17(8-12-10-29-15-5-2-1-4-13(12)15)21(37)32-18(11-33)22(38)30-16(23(39)40)6-3-7-28-24(26)27/h1-2,4-5,10,14,16-18,29,33H,3,6-9,11,25H2,(H,30,38)(H,31,36)(H,32,37)(H,34,35)(H,39,40)(H4,26,27,28). The number of aliphatic imine (C=N–C) groups is 1. The van der Waals surface area contributed by atoms with Crippen LogP contribution < -0.4 is 33.2 Å². The fourth-order valence-corrected chi connectivity index (χ4v) is 3.79. The summed E-state index contributed by atoms with van der Waals surface area (Å²) in [7, 11) is 0. The van der Waals surface area contributed by atoms with Gasteiger partial charge in [0, 0.05) is 30.1 Å². The van der Waals surface area contributed by atoms with Gasteiger partial charge in [0.2, 0.25) is 17.7 Å². The van der Waals surface area contributed by atoms with Gasteiger partial charge in [0.1, 0.15) is 18.1 Å². The van der Waals surface area contributed by atoms with E-state index in [1.165, 1.54) is 0 Å². The average Bonchev–Trinajstić information content (AvgIpc) is 3.30. The smallest absolute Gasteiger partial charge is 0.326 e. The van der Waals surface area contributed by atoms with E-state index in [4.69, 9.17) is 22.3 Å². The molecule has 1 heterocycles. The highest BCUT2D eigenvalue weighted by molar-refractivity contribution is 5.95. The topological polar surface area (TPSA) is 288 Å². The first-order valence-corrected chi connectivity index (χ1v) is 12.3. The number of carbonyl (C=O) groups excluding carboxylic acids is 3. The Bertz CT molecular complexity index is 1240. The summed E-state index contributed by atoms with van der Waals surface area (Å²) < 4.78 is 0. The first-order chi connectivity index (χ1) is 18.9. The van der Waals surface area contributed by atoms with Crippen molar-refractivity contribution in [3.63, 3.8) is 0 Å². The van der Waals surface area contributed by atoms with Crippen LogP contribution >= 0.6 is 0 Å². The van der Waals surface area contributed by atoms with Crippen molar-refractivity contribution < 1.29 is 39.3 Å². The van der Waals surface area contributed by atoms with E-state index in [9.17, 15) is 34.2 Å². The summed E-state index contributed by atoms with van der Waals surface area (Å²) in [5.41, 5.74) is 17.5. The number of hydrogen-bond donors (Lipinski definition) is 10. The van der Waals surface area contributed by atoms with E-state index < -0.39 is 66.9 Å². The normalized spacial score (nSPS) is 13.8. The van der Waals surface area contributed by atoms with Crippen molar-refractivity contribution in [2.75, 3.05) is 13.2 Å². The first-order valence-electron chi connectivity index (χ1n) is 12.3. The molecule has 16 nitrogen and oxygen atoms in total. The molecule has 4 atom stereocenters. The number of nitrogens with two attached hydrogens (primary N) is 3. The van der Waals surface area contributed by atoms with Crippen LogP contribution in [0, 0.1) is 0 Å². The van der Waals surface area contributed by atoms with Gasteiger partial charge in [-0.2, -0.15) is 0 Å². The molecule has 2 rings (SSSR count). The van der Waals surface area contributed by atoms with E-state index in [1.54, 1.807) is 30.5 Å². The monoisotopic (exact) mass is 562 g/mol. The Morgan fingerprint density at radius 2 is 1.55 bits per heavy atom. The van der Waals surface area contributed by atoms with Gasteiger partial charge in [-0.3, -0.25) is 24.2 Å². The maximum Gasteiger partial charge on any atom is 0.326 e. The molecule has 0 saturated carbocycles. The fourth-order valence-electron chi connectivity index (χ4n) is 3.79. The number of aliphatic hydroxyl groups is 1. The molecule has 2 aromatic rings. The molecule has 13 N–H and O–H groups in total. The summed E-state index contributed by atoms with van der Waals surface area (Å²) in [4.78, 5) is 67.8. The second kappa shape index (κ2) is 15.0. The van der Waals surface area contributed by atoms with Gasteiger partial charge in [-0.15, -0.1) is 0 Å². The van der Waals surface area contributed by atoms with Crippen molar-refractivity contribution in [1.82, 2.24) is 20.9 Å². The van der Waals surface area contributed by atoms with Gasteiger partial charge in [-0.05, 0) is 24.5 Å². The second-order valence-corrected chi connectivity index (χ2v) is 8.92. The lowest BCUT2D eigenvalue weighted by Gasteiger charge is -2.24. The minimum absolute atomic E-state index is 0.0370. The number of nitrogens with zero attached hydrogens (tertiary/aromatic N) is 1. The van der Waals surface area contributed by atoms with Crippen LogP contribution in [0.25, 0.3) is 10.9 Å². The zero-order chi connectivity index (χ0) is 29.8.